The van der Waals surface area contributed by atoms with Gasteiger partial charge in [0.15, 0.2) is 5.78 Å². The third-order valence-corrected chi connectivity index (χ3v) is 3.32. The van der Waals surface area contributed by atoms with Crippen LogP contribution in [0, 0.1) is 0 Å². The van der Waals surface area contributed by atoms with Crippen molar-refractivity contribution in [3.63, 3.8) is 0 Å². The van der Waals surface area contributed by atoms with Gasteiger partial charge in [-0.2, -0.15) is 0 Å². The first kappa shape index (κ1) is 17.1. The summed E-state index contributed by atoms with van der Waals surface area (Å²) < 4.78 is 4.71. The van der Waals surface area contributed by atoms with Gasteiger partial charge in [0, 0.05) is 11.8 Å². The fourth-order valence-electron chi connectivity index (χ4n) is 2.07. The smallest absolute Gasteiger partial charge is 0.340 e. The molecule has 2 rings (SSSR count). The van der Waals surface area contributed by atoms with E-state index in [0.29, 0.717) is 11.3 Å². The molecule has 0 amide bonds. The van der Waals surface area contributed by atoms with Crippen LogP contribution in [-0.2, 0) is 9.53 Å². The Balaban J connectivity index is 2.45. The number of carbonyl (C=O) groups excluding carboxylic acids is 2. The molecule has 0 bridgehead atoms. The van der Waals surface area contributed by atoms with Crippen molar-refractivity contribution >= 4 is 29.4 Å². The molecule has 0 fully saturated rings. The van der Waals surface area contributed by atoms with Crippen LogP contribution in [0.4, 0.5) is 5.69 Å². The Kier molecular flexibility index (Phi) is 5.63. The van der Waals surface area contributed by atoms with Gasteiger partial charge in [0.05, 0.1) is 23.9 Å². The molecule has 0 aliphatic heterocycles. The Hall–Kier alpha value is -3.21. The molecule has 5 heteroatoms. The van der Waals surface area contributed by atoms with Gasteiger partial charge in [-0.25, -0.2) is 4.79 Å². The van der Waals surface area contributed by atoms with Crippen molar-refractivity contribution in [1.29, 1.82) is 0 Å². The Bertz CT molecular complexity index is 807. The van der Waals surface area contributed by atoms with Crippen LogP contribution in [0.3, 0.4) is 0 Å². The number of hydrogen-bond acceptors (Lipinski definition) is 5. The Morgan fingerprint density at radius 3 is 2.29 bits per heavy atom. The first-order valence-corrected chi connectivity index (χ1v) is 7.25. The Labute approximate surface area is 139 Å². The second-order valence-corrected chi connectivity index (χ2v) is 4.95. The number of benzene rings is 2. The number of ether oxygens (including phenoxy) is 1. The van der Waals surface area contributed by atoms with E-state index in [9.17, 15) is 14.7 Å². The monoisotopic (exact) mass is 323 g/mol. The van der Waals surface area contributed by atoms with E-state index in [0.717, 1.165) is 0 Å². The van der Waals surface area contributed by atoms with Crippen LogP contribution in [-0.4, -0.2) is 30.2 Å². The van der Waals surface area contributed by atoms with Crippen LogP contribution in [0.2, 0.25) is 0 Å². The summed E-state index contributed by atoms with van der Waals surface area (Å²) >= 11 is 0. The summed E-state index contributed by atoms with van der Waals surface area (Å²) in [4.78, 5) is 27.8. The summed E-state index contributed by atoms with van der Waals surface area (Å²) in [5.41, 5.74) is 1.19. The molecule has 0 aliphatic rings. The number of nitrogens with zero attached hydrogens (tertiary/aromatic N) is 1. The number of rotatable bonds is 5. The first-order chi connectivity index (χ1) is 11.5. The molecule has 0 saturated carbocycles. The van der Waals surface area contributed by atoms with E-state index in [1.165, 1.54) is 20.2 Å². The fraction of sp³-hybridized carbons (Fsp3) is 0.105. The van der Waals surface area contributed by atoms with E-state index in [4.69, 9.17) is 4.74 Å². The predicted octanol–water partition coefficient (Wildman–Crippen LogP) is 3.73. The number of hydrogen-bond donors (Lipinski definition) is 1. The van der Waals surface area contributed by atoms with Crippen molar-refractivity contribution in [2.75, 3.05) is 7.11 Å². The number of esters is 1. The van der Waals surface area contributed by atoms with Gasteiger partial charge in [-0.15, -0.1) is 0 Å². The van der Waals surface area contributed by atoms with Gasteiger partial charge in [-0.05, 0) is 19.1 Å². The average Bonchev–Trinajstić information content (AvgIpc) is 2.62. The largest absolute Gasteiger partial charge is 0.507 e. The van der Waals surface area contributed by atoms with Crippen molar-refractivity contribution in [2.24, 2.45) is 4.99 Å². The molecule has 0 aromatic heterocycles. The van der Waals surface area contributed by atoms with Crippen LogP contribution in [0.5, 0.6) is 0 Å². The summed E-state index contributed by atoms with van der Waals surface area (Å²) in [5.74, 6) is -1.03. The first-order valence-electron chi connectivity index (χ1n) is 7.25. The van der Waals surface area contributed by atoms with Crippen LogP contribution in [0.25, 0.3) is 5.76 Å². The van der Waals surface area contributed by atoms with Gasteiger partial charge in [-0.3, -0.25) is 9.79 Å². The van der Waals surface area contributed by atoms with E-state index in [1.54, 1.807) is 48.5 Å². The minimum Gasteiger partial charge on any atom is -0.507 e. The highest BCUT2D eigenvalue weighted by atomic mass is 16.5. The SMILES string of the molecule is COC(=O)c1ccccc1N=C/C(C(C)=O)=C(\O)c1ccccc1. The van der Waals surface area contributed by atoms with Gasteiger partial charge in [0.1, 0.15) is 5.76 Å². The molecule has 0 spiro atoms. The molecule has 0 aliphatic carbocycles. The third-order valence-electron chi connectivity index (χ3n) is 3.32. The molecule has 2 aromatic rings. The van der Waals surface area contributed by atoms with Crippen LogP contribution < -0.4 is 0 Å². The van der Waals surface area contributed by atoms with E-state index in [2.05, 4.69) is 4.99 Å². The molecule has 1 N–H and O–H groups in total. The van der Waals surface area contributed by atoms with Crippen LogP contribution in [0.1, 0.15) is 22.8 Å². The molecule has 0 unspecified atom stereocenters. The van der Waals surface area contributed by atoms with Crippen molar-refractivity contribution in [1.82, 2.24) is 0 Å². The van der Waals surface area contributed by atoms with Crippen molar-refractivity contribution in [3.8, 4) is 0 Å². The lowest BCUT2D eigenvalue weighted by Crippen LogP contribution is -2.04. The number of aliphatic hydroxyl groups is 1. The number of methoxy groups -OCH3 is 1. The summed E-state index contributed by atoms with van der Waals surface area (Å²) in [6.45, 7) is 1.34. The number of para-hydroxylation sites is 1. The summed E-state index contributed by atoms with van der Waals surface area (Å²) in [6.07, 6.45) is 1.26. The molecule has 5 nitrogen and oxygen atoms in total. The van der Waals surface area contributed by atoms with E-state index < -0.39 is 5.97 Å². The summed E-state index contributed by atoms with van der Waals surface area (Å²) in [7, 11) is 1.28. The quantitative estimate of drug-likeness (QED) is 0.394. The van der Waals surface area contributed by atoms with Crippen molar-refractivity contribution < 1.29 is 19.4 Å². The topological polar surface area (TPSA) is 76.0 Å². The maximum absolute atomic E-state index is 11.9. The number of carbonyl (C=O) groups is 2. The highest BCUT2D eigenvalue weighted by Crippen LogP contribution is 2.21. The summed E-state index contributed by atoms with van der Waals surface area (Å²) in [5, 5.41) is 10.3. The van der Waals surface area contributed by atoms with Gasteiger partial charge >= 0.3 is 5.97 Å². The number of allylic oxidation sites excluding steroid dienone is 1. The number of aliphatic hydroxyl groups excluding tert-OH is 1. The van der Waals surface area contributed by atoms with E-state index in [1.807, 2.05) is 6.07 Å². The third kappa shape index (κ3) is 3.95. The van der Waals surface area contributed by atoms with Crippen LogP contribution >= 0.6 is 0 Å². The molecule has 0 saturated heterocycles. The van der Waals surface area contributed by atoms with E-state index in [-0.39, 0.29) is 22.7 Å². The maximum Gasteiger partial charge on any atom is 0.340 e. The molecular formula is C19H17NO4. The zero-order chi connectivity index (χ0) is 17.5. The lowest BCUT2D eigenvalue weighted by molar-refractivity contribution is -0.113. The summed E-state index contributed by atoms with van der Waals surface area (Å²) in [6, 6.07) is 15.3. The molecule has 0 radical (unpaired) electrons. The standard InChI is InChI=1S/C19H17NO4/c1-13(21)16(18(22)14-8-4-3-5-9-14)12-20-17-11-7-6-10-15(17)19(23)24-2/h3-12,22H,1-2H3/b18-16+,20-12?. The van der Waals surface area contributed by atoms with Gasteiger partial charge < -0.3 is 9.84 Å². The highest BCUT2D eigenvalue weighted by molar-refractivity contribution is 6.17. The minimum absolute atomic E-state index is 0.0564. The fourth-order valence-corrected chi connectivity index (χ4v) is 2.07. The highest BCUT2D eigenvalue weighted by Gasteiger charge is 2.13. The molecular weight excluding hydrogens is 306 g/mol. The average molecular weight is 323 g/mol. The molecule has 24 heavy (non-hydrogen) atoms. The minimum atomic E-state index is -0.525. The van der Waals surface area contributed by atoms with E-state index >= 15 is 0 Å². The molecule has 0 atom stereocenters. The van der Waals surface area contributed by atoms with Gasteiger partial charge in [0.2, 0.25) is 0 Å². The number of aliphatic imine (C=N–C) groups is 1. The number of Topliss-reactive ketones (excluding diaryl/α,β-unsaturated/α-hetero) is 1. The Morgan fingerprint density at radius 1 is 1.04 bits per heavy atom. The number of ketones is 1. The van der Waals surface area contributed by atoms with Gasteiger partial charge in [0.25, 0.3) is 0 Å². The van der Waals surface area contributed by atoms with Crippen molar-refractivity contribution in [2.45, 2.75) is 6.92 Å². The van der Waals surface area contributed by atoms with Gasteiger partial charge in [-0.1, -0.05) is 42.5 Å². The normalized spacial score (nSPS) is 11.9. The molecule has 0 heterocycles. The second-order valence-electron chi connectivity index (χ2n) is 4.95. The van der Waals surface area contributed by atoms with Crippen molar-refractivity contribution in [3.05, 3.63) is 71.3 Å². The zero-order valence-corrected chi connectivity index (χ0v) is 13.4. The zero-order valence-electron chi connectivity index (χ0n) is 13.4. The Morgan fingerprint density at radius 2 is 1.67 bits per heavy atom. The predicted molar refractivity (Wildman–Crippen MR) is 92.6 cm³/mol. The molecule has 122 valence electrons. The maximum atomic E-state index is 11.9. The molecule has 2 aromatic carbocycles. The lowest BCUT2D eigenvalue weighted by Gasteiger charge is -2.05. The second kappa shape index (κ2) is 7.87. The van der Waals surface area contributed by atoms with Crippen LogP contribution in [0.15, 0.2) is 65.2 Å². The lowest BCUT2D eigenvalue weighted by atomic mass is 10.1.